The number of halogens is 3. The normalized spacial score (nSPS) is 11.8. The molecule has 0 aliphatic carbocycles. The summed E-state index contributed by atoms with van der Waals surface area (Å²) in [5.74, 6) is 0.351. The molecule has 4 nitrogen and oxygen atoms in total. The largest absolute Gasteiger partial charge is 0.456 e. The molecule has 0 bridgehead atoms. The quantitative estimate of drug-likeness (QED) is 0.493. The van der Waals surface area contributed by atoms with Crippen LogP contribution in [0.15, 0.2) is 52.9 Å². The molecule has 7 heteroatoms. The first-order valence-electron chi connectivity index (χ1n) is 6.20. The number of nitro groups is 1. The van der Waals surface area contributed by atoms with Crippen molar-refractivity contribution in [2.45, 2.75) is 6.18 Å². The summed E-state index contributed by atoms with van der Waals surface area (Å²) in [4.78, 5) is 10.2. The summed E-state index contributed by atoms with van der Waals surface area (Å²) in [5, 5.41) is 11.2. The van der Waals surface area contributed by atoms with Crippen LogP contribution in [0.4, 0.5) is 18.9 Å². The van der Waals surface area contributed by atoms with Crippen LogP contribution in [0.3, 0.4) is 0 Å². The van der Waals surface area contributed by atoms with E-state index < -0.39 is 16.7 Å². The van der Waals surface area contributed by atoms with Crippen molar-refractivity contribution in [3.63, 3.8) is 0 Å². The standard InChI is InChI=1S/C15H8F3NO3/c16-15(17,18)11-3-1-9(2-4-11)14-8-10-7-12(19(20)21)5-6-13(10)22-14/h1-8H. The number of hydrogen-bond donors (Lipinski definition) is 0. The highest BCUT2D eigenvalue weighted by molar-refractivity contribution is 5.84. The molecule has 0 N–H and O–H groups in total. The van der Waals surface area contributed by atoms with Gasteiger partial charge in [0.2, 0.25) is 0 Å². The van der Waals surface area contributed by atoms with Crippen molar-refractivity contribution in [3.8, 4) is 11.3 Å². The second-order valence-electron chi connectivity index (χ2n) is 4.66. The number of fused-ring (bicyclic) bond motifs is 1. The van der Waals surface area contributed by atoms with E-state index in [-0.39, 0.29) is 5.69 Å². The molecule has 22 heavy (non-hydrogen) atoms. The summed E-state index contributed by atoms with van der Waals surface area (Å²) in [6, 6.07) is 10.2. The van der Waals surface area contributed by atoms with Gasteiger partial charge in [0, 0.05) is 23.1 Å². The molecule has 0 saturated carbocycles. The maximum absolute atomic E-state index is 12.5. The Kier molecular flexibility index (Phi) is 3.13. The number of non-ortho nitro benzene ring substituents is 1. The maximum Gasteiger partial charge on any atom is 0.416 e. The molecule has 1 aromatic heterocycles. The van der Waals surface area contributed by atoms with Crippen molar-refractivity contribution in [1.29, 1.82) is 0 Å². The summed E-state index contributed by atoms with van der Waals surface area (Å²) in [5.41, 5.74) is 0.0719. The first kappa shape index (κ1) is 14.1. The predicted molar refractivity (Wildman–Crippen MR) is 73.3 cm³/mol. The van der Waals surface area contributed by atoms with Gasteiger partial charge in [0.15, 0.2) is 0 Å². The Morgan fingerprint density at radius 3 is 2.27 bits per heavy atom. The van der Waals surface area contributed by atoms with Gasteiger partial charge in [0.05, 0.1) is 10.5 Å². The maximum atomic E-state index is 12.5. The number of nitro benzene ring substituents is 1. The highest BCUT2D eigenvalue weighted by Crippen LogP contribution is 2.33. The molecule has 3 aromatic rings. The zero-order valence-electron chi connectivity index (χ0n) is 10.9. The van der Waals surface area contributed by atoms with E-state index in [4.69, 9.17) is 4.42 Å². The fourth-order valence-corrected chi connectivity index (χ4v) is 2.11. The summed E-state index contributed by atoms with van der Waals surface area (Å²) in [7, 11) is 0. The highest BCUT2D eigenvalue weighted by atomic mass is 19.4. The second kappa shape index (κ2) is 4.87. The van der Waals surface area contributed by atoms with E-state index in [1.165, 1.54) is 30.3 Å². The zero-order valence-corrected chi connectivity index (χ0v) is 10.9. The van der Waals surface area contributed by atoms with Gasteiger partial charge in [-0.2, -0.15) is 13.2 Å². The first-order valence-corrected chi connectivity index (χ1v) is 6.20. The lowest BCUT2D eigenvalue weighted by Gasteiger charge is -2.06. The molecule has 0 unspecified atom stereocenters. The summed E-state index contributed by atoms with van der Waals surface area (Å²) < 4.78 is 43.1. The van der Waals surface area contributed by atoms with E-state index in [0.717, 1.165) is 12.1 Å². The molecule has 0 aliphatic heterocycles. The van der Waals surface area contributed by atoms with Crippen LogP contribution in [-0.2, 0) is 6.18 Å². The van der Waals surface area contributed by atoms with E-state index in [0.29, 0.717) is 22.3 Å². The van der Waals surface area contributed by atoms with Gasteiger partial charge in [0.1, 0.15) is 11.3 Å². The number of hydrogen-bond acceptors (Lipinski definition) is 3. The lowest BCUT2D eigenvalue weighted by Crippen LogP contribution is -2.03. The van der Waals surface area contributed by atoms with Crippen molar-refractivity contribution in [2.75, 3.05) is 0 Å². The smallest absolute Gasteiger partial charge is 0.416 e. The Hall–Kier alpha value is -2.83. The van der Waals surface area contributed by atoms with Gasteiger partial charge in [0.25, 0.3) is 5.69 Å². The van der Waals surface area contributed by atoms with Crippen molar-refractivity contribution in [2.24, 2.45) is 0 Å². The summed E-state index contributed by atoms with van der Waals surface area (Å²) in [6.07, 6.45) is -4.40. The SMILES string of the molecule is O=[N+]([O-])c1ccc2oc(-c3ccc(C(F)(F)F)cc3)cc2c1. The van der Waals surface area contributed by atoms with Crippen LogP contribution in [0.5, 0.6) is 0 Å². The number of nitrogens with zero attached hydrogens (tertiary/aromatic N) is 1. The Balaban J connectivity index is 2.01. The third-order valence-corrected chi connectivity index (χ3v) is 3.21. The van der Waals surface area contributed by atoms with Gasteiger partial charge >= 0.3 is 6.18 Å². The van der Waals surface area contributed by atoms with Crippen LogP contribution >= 0.6 is 0 Å². The molecule has 112 valence electrons. The van der Waals surface area contributed by atoms with Crippen molar-refractivity contribution in [3.05, 3.63) is 64.2 Å². The van der Waals surface area contributed by atoms with Crippen LogP contribution in [-0.4, -0.2) is 4.92 Å². The molecule has 0 aliphatic rings. The third-order valence-electron chi connectivity index (χ3n) is 3.21. The minimum Gasteiger partial charge on any atom is -0.456 e. The summed E-state index contributed by atoms with van der Waals surface area (Å²) >= 11 is 0. The molecule has 3 rings (SSSR count). The Morgan fingerprint density at radius 2 is 1.68 bits per heavy atom. The number of rotatable bonds is 2. The minimum atomic E-state index is -4.40. The average molecular weight is 307 g/mol. The van der Waals surface area contributed by atoms with E-state index in [9.17, 15) is 23.3 Å². The van der Waals surface area contributed by atoms with Gasteiger partial charge < -0.3 is 4.42 Å². The number of benzene rings is 2. The minimum absolute atomic E-state index is 0.0766. The molecular formula is C15H8F3NO3. The van der Waals surface area contributed by atoms with E-state index in [2.05, 4.69) is 0 Å². The Bertz CT molecular complexity index is 851. The van der Waals surface area contributed by atoms with E-state index >= 15 is 0 Å². The Morgan fingerprint density at radius 1 is 1.00 bits per heavy atom. The topological polar surface area (TPSA) is 56.3 Å². The number of alkyl halides is 3. The monoisotopic (exact) mass is 307 g/mol. The molecule has 2 aromatic carbocycles. The first-order chi connectivity index (χ1) is 10.3. The zero-order chi connectivity index (χ0) is 15.9. The van der Waals surface area contributed by atoms with Crippen molar-refractivity contribution < 1.29 is 22.5 Å². The van der Waals surface area contributed by atoms with Crippen LogP contribution in [0.25, 0.3) is 22.3 Å². The summed E-state index contributed by atoms with van der Waals surface area (Å²) in [6.45, 7) is 0. The van der Waals surface area contributed by atoms with Crippen molar-refractivity contribution in [1.82, 2.24) is 0 Å². The molecule has 0 radical (unpaired) electrons. The predicted octanol–water partition coefficient (Wildman–Crippen LogP) is 5.03. The molecule has 0 amide bonds. The van der Waals surface area contributed by atoms with Crippen LogP contribution in [0.2, 0.25) is 0 Å². The molecule has 0 spiro atoms. The van der Waals surface area contributed by atoms with E-state index in [1.54, 1.807) is 6.07 Å². The molecule has 0 saturated heterocycles. The third kappa shape index (κ3) is 2.52. The van der Waals surface area contributed by atoms with Gasteiger partial charge in [-0.05, 0) is 24.3 Å². The van der Waals surface area contributed by atoms with Gasteiger partial charge in [-0.3, -0.25) is 10.1 Å². The number of furan rings is 1. The fraction of sp³-hybridized carbons (Fsp3) is 0.0667. The van der Waals surface area contributed by atoms with Crippen LogP contribution in [0, 0.1) is 10.1 Å². The molecule has 0 fully saturated rings. The lowest BCUT2D eigenvalue weighted by atomic mass is 10.1. The van der Waals surface area contributed by atoms with Gasteiger partial charge in [-0.15, -0.1) is 0 Å². The Labute approximate surface area is 121 Å². The molecule has 0 atom stereocenters. The average Bonchev–Trinajstić information content (AvgIpc) is 2.89. The lowest BCUT2D eigenvalue weighted by molar-refractivity contribution is -0.384. The molecule has 1 heterocycles. The van der Waals surface area contributed by atoms with E-state index in [1.807, 2.05) is 0 Å². The molecular weight excluding hydrogens is 299 g/mol. The van der Waals surface area contributed by atoms with Crippen molar-refractivity contribution >= 4 is 16.7 Å². The van der Waals surface area contributed by atoms with Crippen LogP contribution < -0.4 is 0 Å². The fourth-order valence-electron chi connectivity index (χ4n) is 2.11. The highest BCUT2D eigenvalue weighted by Gasteiger charge is 2.30. The van der Waals surface area contributed by atoms with Gasteiger partial charge in [-0.25, -0.2) is 0 Å². The van der Waals surface area contributed by atoms with Crippen LogP contribution in [0.1, 0.15) is 5.56 Å². The second-order valence-corrected chi connectivity index (χ2v) is 4.66. The van der Waals surface area contributed by atoms with Gasteiger partial charge in [-0.1, -0.05) is 12.1 Å².